The molecule has 10 heteroatoms. The summed E-state index contributed by atoms with van der Waals surface area (Å²) in [7, 11) is -2.48. The van der Waals surface area contributed by atoms with Crippen molar-refractivity contribution in [2.75, 3.05) is 26.9 Å². The Morgan fingerprint density at radius 2 is 1.74 bits per heavy atom. The Labute approximate surface area is 189 Å². The van der Waals surface area contributed by atoms with E-state index in [1.807, 2.05) is 13.8 Å². The van der Waals surface area contributed by atoms with Crippen LogP contribution in [-0.4, -0.2) is 41.3 Å². The second kappa shape index (κ2) is 12.7. The van der Waals surface area contributed by atoms with Crippen molar-refractivity contribution in [3.05, 3.63) is 47.8 Å². The van der Waals surface area contributed by atoms with Crippen molar-refractivity contribution >= 4 is 22.4 Å². The molecule has 7 nitrogen and oxygen atoms in total. The van der Waals surface area contributed by atoms with Crippen LogP contribution in [0.2, 0.25) is 0 Å². The number of ether oxygens (including phenoxy) is 3. The Morgan fingerprint density at radius 1 is 1.06 bits per heavy atom. The van der Waals surface area contributed by atoms with Gasteiger partial charge in [-0.1, -0.05) is 13.0 Å². The highest BCUT2D eigenvalue weighted by Crippen LogP contribution is 2.28. The van der Waals surface area contributed by atoms with Crippen LogP contribution in [0.25, 0.3) is 0 Å². The number of nitrogens with two attached hydrogens (primary N) is 1. The maximum Gasteiger partial charge on any atom is 0.241 e. The number of primary sulfonamides is 1. The van der Waals surface area contributed by atoms with E-state index in [4.69, 9.17) is 19.3 Å². The first kappa shape index (κ1) is 27.0. The Hall–Kier alpha value is -2.07. The van der Waals surface area contributed by atoms with Gasteiger partial charge in [-0.2, -0.15) is 0 Å². The molecule has 0 aliphatic carbocycles. The number of halogens is 2. The molecular formula is C21H30ClFN2O5S. The van der Waals surface area contributed by atoms with Crippen LogP contribution in [0, 0.1) is 5.82 Å². The fraction of sp³-hybridized carbons (Fsp3) is 0.429. The summed E-state index contributed by atoms with van der Waals surface area (Å²) in [6.45, 7) is 5.33. The third-order valence-electron chi connectivity index (χ3n) is 4.30. The van der Waals surface area contributed by atoms with Crippen LogP contribution in [-0.2, 0) is 16.4 Å². The molecule has 2 aromatic carbocycles. The van der Waals surface area contributed by atoms with E-state index in [1.165, 1.54) is 25.3 Å². The molecule has 0 bridgehead atoms. The smallest absolute Gasteiger partial charge is 0.241 e. The van der Waals surface area contributed by atoms with Gasteiger partial charge in [0.05, 0.1) is 13.7 Å². The van der Waals surface area contributed by atoms with Crippen molar-refractivity contribution in [1.29, 1.82) is 0 Å². The molecule has 0 radical (unpaired) electrons. The number of rotatable bonds is 12. The first-order valence-corrected chi connectivity index (χ1v) is 11.3. The molecule has 0 aliphatic heterocycles. The molecule has 0 saturated carbocycles. The third-order valence-corrected chi connectivity index (χ3v) is 5.23. The topological polar surface area (TPSA) is 99.9 Å². The van der Waals surface area contributed by atoms with Crippen LogP contribution in [0.4, 0.5) is 4.39 Å². The van der Waals surface area contributed by atoms with Gasteiger partial charge in [-0.15, -0.1) is 12.4 Å². The molecule has 0 aliphatic rings. The number of nitrogens with one attached hydrogen (secondary N) is 1. The van der Waals surface area contributed by atoms with Gasteiger partial charge in [0.15, 0.2) is 11.5 Å². The molecule has 0 spiro atoms. The lowest BCUT2D eigenvalue weighted by Gasteiger charge is -2.16. The van der Waals surface area contributed by atoms with Crippen molar-refractivity contribution in [3.63, 3.8) is 0 Å². The summed E-state index contributed by atoms with van der Waals surface area (Å²) < 4.78 is 53.3. The lowest BCUT2D eigenvalue weighted by Crippen LogP contribution is -2.32. The molecule has 0 saturated heterocycles. The number of methoxy groups -OCH3 is 1. The SMILES string of the molecule is CCCOc1ccc(F)cc1OCCNC(C)Cc1ccc(OC)c(S(N)(=O)=O)c1.Cl. The lowest BCUT2D eigenvalue weighted by atomic mass is 10.1. The summed E-state index contributed by atoms with van der Waals surface area (Å²) in [5, 5.41) is 8.56. The van der Waals surface area contributed by atoms with E-state index >= 15 is 0 Å². The Balaban J connectivity index is 0.00000480. The van der Waals surface area contributed by atoms with Crippen LogP contribution < -0.4 is 24.7 Å². The highest BCUT2D eigenvalue weighted by Gasteiger charge is 2.16. The molecule has 174 valence electrons. The molecule has 1 atom stereocenters. The number of benzene rings is 2. The van der Waals surface area contributed by atoms with Gasteiger partial charge in [0.2, 0.25) is 10.0 Å². The summed E-state index contributed by atoms with van der Waals surface area (Å²) in [6.07, 6.45) is 1.42. The zero-order chi connectivity index (χ0) is 22.1. The summed E-state index contributed by atoms with van der Waals surface area (Å²) in [4.78, 5) is -0.0382. The zero-order valence-corrected chi connectivity index (χ0v) is 19.5. The van der Waals surface area contributed by atoms with Crippen molar-refractivity contribution in [2.24, 2.45) is 5.14 Å². The van der Waals surface area contributed by atoms with E-state index in [9.17, 15) is 12.8 Å². The number of sulfonamides is 1. The minimum Gasteiger partial charge on any atom is -0.495 e. The third kappa shape index (κ3) is 8.53. The molecule has 3 N–H and O–H groups in total. The van der Waals surface area contributed by atoms with Crippen LogP contribution in [0.3, 0.4) is 0 Å². The van der Waals surface area contributed by atoms with Crippen LogP contribution >= 0.6 is 12.4 Å². The van der Waals surface area contributed by atoms with Crippen molar-refractivity contribution in [1.82, 2.24) is 5.32 Å². The van der Waals surface area contributed by atoms with Crippen molar-refractivity contribution in [3.8, 4) is 17.2 Å². The Kier molecular flexibility index (Phi) is 11.1. The average molecular weight is 477 g/mol. The van der Waals surface area contributed by atoms with Gasteiger partial charge < -0.3 is 19.5 Å². The maximum absolute atomic E-state index is 13.5. The highest BCUT2D eigenvalue weighted by atomic mass is 35.5. The van der Waals surface area contributed by atoms with E-state index in [1.54, 1.807) is 18.2 Å². The van der Waals surface area contributed by atoms with Crippen LogP contribution in [0.5, 0.6) is 17.2 Å². The van der Waals surface area contributed by atoms with Crippen molar-refractivity contribution < 1.29 is 27.0 Å². The van der Waals surface area contributed by atoms with Gasteiger partial charge in [-0.25, -0.2) is 17.9 Å². The lowest BCUT2D eigenvalue weighted by molar-refractivity contribution is 0.263. The van der Waals surface area contributed by atoms with Gasteiger partial charge in [-0.05, 0) is 49.6 Å². The Morgan fingerprint density at radius 3 is 2.39 bits per heavy atom. The number of hydrogen-bond acceptors (Lipinski definition) is 6. The first-order chi connectivity index (χ1) is 14.2. The monoisotopic (exact) mass is 476 g/mol. The van der Waals surface area contributed by atoms with Crippen LogP contribution in [0.15, 0.2) is 41.3 Å². The van der Waals surface area contributed by atoms with Gasteiger partial charge in [0, 0.05) is 18.7 Å². The molecule has 31 heavy (non-hydrogen) atoms. The maximum atomic E-state index is 13.5. The normalized spacial score (nSPS) is 12.0. The fourth-order valence-electron chi connectivity index (χ4n) is 2.89. The predicted molar refractivity (Wildman–Crippen MR) is 120 cm³/mol. The molecule has 2 aromatic rings. The molecule has 0 fully saturated rings. The van der Waals surface area contributed by atoms with Gasteiger partial charge in [0.1, 0.15) is 23.1 Å². The predicted octanol–water partition coefficient (Wildman–Crippen LogP) is 3.29. The summed E-state index contributed by atoms with van der Waals surface area (Å²) in [5.41, 5.74) is 0.807. The quantitative estimate of drug-likeness (QED) is 0.456. The fourth-order valence-corrected chi connectivity index (χ4v) is 3.64. The van der Waals surface area contributed by atoms with E-state index in [0.29, 0.717) is 37.7 Å². The molecule has 0 amide bonds. The van der Waals surface area contributed by atoms with Crippen LogP contribution in [0.1, 0.15) is 25.8 Å². The standard InChI is InChI=1S/C21H29FN2O5S.ClH/c1-4-10-28-18-8-6-17(22)14-20(18)29-11-9-24-15(2)12-16-5-7-19(27-3)21(13-16)30(23,25)26;/h5-8,13-15,24H,4,9-12H2,1-3H3,(H2,23,25,26);1H. The zero-order valence-electron chi connectivity index (χ0n) is 17.9. The van der Waals surface area contributed by atoms with Gasteiger partial charge in [-0.3, -0.25) is 0 Å². The van der Waals surface area contributed by atoms with E-state index in [2.05, 4.69) is 5.32 Å². The van der Waals surface area contributed by atoms with Gasteiger partial charge >= 0.3 is 0 Å². The molecule has 2 rings (SSSR count). The van der Waals surface area contributed by atoms with E-state index in [-0.39, 0.29) is 34.9 Å². The summed E-state index contributed by atoms with van der Waals surface area (Å²) in [6, 6.07) is 9.15. The molecular weight excluding hydrogens is 447 g/mol. The average Bonchev–Trinajstić information content (AvgIpc) is 2.70. The first-order valence-electron chi connectivity index (χ1n) is 9.72. The second-order valence-electron chi connectivity index (χ2n) is 6.88. The molecule has 0 aromatic heterocycles. The minimum absolute atomic E-state index is 0. The summed E-state index contributed by atoms with van der Waals surface area (Å²) in [5.74, 6) is 0.706. The Bertz CT molecular complexity index is 943. The summed E-state index contributed by atoms with van der Waals surface area (Å²) >= 11 is 0. The highest BCUT2D eigenvalue weighted by molar-refractivity contribution is 7.89. The minimum atomic E-state index is -3.88. The molecule has 0 heterocycles. The van der Waals surface area contributed by atoms with Gasteiger partial charge in [0.25, 0.3) is 0 Å². The van der Waals surface area contributed by atoms with E-state index in [0.717, 1.165) is 12.0 Å². The van der Waals surface area contributed by atoms with E-state index < -0.39 is 10.0 Å². The largest absolute Gasteiger partial charge is 0.495 e. The second-order valence-corrected chi connectivity index (χ2v) is 8.41. The van der Waals surface area contributed by atoms with Crippen molar-refractivity contribution in [2.45, 2.75) is 37.6 Å². The molecule has 1 unspecified atom stereocenters. The number of hydrogen-bond donors (Lipinski definition) is 2.